The third kappa shape index (κ3) is 3.82. The van der Waals surface area contributed by atoms with Crippen LogP contribution in [0.5, 0.6) is 0 Å². The Morgan fingerprint density at radius 3 is 2.89 bits per heavy atom. The summed E-state index contributed by atoms with van der Waals surface area (Å²) in [4.78, 5) is 11.9. The number of carbonyl (C=O) groups is 1. The highest BCUT2D eigenvalue weighted by molar-refractivity contribution is 6.31. The van der Waals surface area contributed by atoms with Gasteiger partial charge in [-0.2, -0.15) is 0 Å². The topological polar surface area (TPSA) is 87.7 Å². The van der Waals surface area contributed by atoms with Crippen LogP contribution in [0.25, 0.3) is 0 Å². The smallest absolute Gasteiger partial charge is 0.254 e. The highest BCUT2D eigenvalue weighted by Gasteiger charge is 2.20. The van der Waals surface area contributed by atoms with Crippen molar-refractivity contribution in [1.82, 2.24) is 5.32 Å². The van der Waals surface area contributed by atoms with Gasteiger partial charge >= 0.3 is 0 Å². The van der Waals surface area contributed by atoms with Crippen LogP contribution in [0.1, 0.15) is 30.1 Å². The Labute approximate surface area is 115 Å². The predicted octanol–water partition coefficient (Wildman–Crippen LogP) is 2.12. The summed E-state index contributed by atoms with van der Waals surface area (Å²) < 4.78 is 13.7. The molecule has 1 aromatic rings. The first kappa shape index (κ1) is 15.2. The van der Waals surface area contributed by atoms with Crippen LogP contribution in [0.15, 0.2) is 23.4 Å². The Hall–Kier alpha value is -1.82. The number of hydrogen-bond donors (Lipinski definition) is 3. The molecule has 0 saturated carbocycles. The molecular weight excluding hydrogens is 273 g/mol. The van der Waals surface area contributed by atoms with Crippen molar-refractivity contribution in [2.45, 2.75) is 25.8 Å². The predicted molar refractivity (Wildman–Crippen MR) is 71.0 cm³/mol. The summed E-state index contributed by atoms with van der Waals surface area (Å²) >= 11 is 5.60. The molecule has 0 bridgehead atoms. The van der Waals surface area contributed by atoms with E-state index in [4.69, 9.17) is 22.5 Å². The Morgan fingerprint density at radius 1 is 1.63 bits per heavy atom. The molecule has 0 heterocycles. The van der Waals surface area contributed by atoms with Gasteiger partial charge in [0.1, 0.15) is 0 Å². The number of nitrogens with one attached hydrogen (secondary N) is 1. The maximum atomic E-state index is 13.7. The van der Waals surface area contributed by atoms with Crippen molar-refractivity contribution in [2.75, 3.05) is 0 Å². The number of oxime groups is 1. The summed E-state index contributed by atoms with van der Waals surface area (Å²) in [6.45, 7) is 1.88. The van der Waals surface area contributed by atoms with E-state index in [2.05, 4.69) is 10.5 Å². The van der Waals surface area contributed by atoms with E-state index >= 15 is 0 Å². The highest BCUT2D eigenvalue weighted by Crippen LogP contribution is 2.17. The third-order valence-electron chi connectivity index (χ3n) is 2.55. The molecule has 7 heteroatoms. The number of amides is 1. The molecule has 0 aliphatic rings. The van der Waals surface area contributed by atoms with E-state index in [0.29, 0.717) is 12.8 Å². The third-order valence-corrected chi connectivity index (χ3v) is 2.84. The van der Waals surface area contributed by atoms with E-state index in [9.17, 15) is 9.18 Å². The van der Waals surface area contributed by atoms with Crippen LogP contribution in [0.2, 0.25) is 5.02 Å². The fourth-order valence-electron chi connectivity index (χ4n) is 1.57. The van der Waals surface area contributed by atoms with Crippen LogP contribution in [0.3, 0.4) is 0 Å². The Morgan fingerprint density at radius 2 is 2.32 bits per heavy atom. The Balaban J connectivity index is 2.91. The van der Waals surface area contributed by atoms with E-state index in [1.807, 2.05) is 6.92 Å². The van der Waals surface area contributed by atoms with Crippen LogP contribution in [-0.4, -0.2) is 23.0 Å². The minimum atomic E-state index is -0.795. The number of amidine groups is 1. The summed E-state index contributed by atoms with van der Waals surface area (Å²) in [5, 5.41) is 13.8. The van der Waals surface area contributed by atoms with Gasteiger partial charge in [-0.15, -0.1) is 0 Å². The van der Waals surface area contributed by atoms with Gasteiger partial charge in [-0.05, 0) is 18.6 Å². The molecule has 1 unspecified atom stereocenters. The molecule has 5 nitrogen and oxygen atoms in total. The lowest BCUT2D eigenvalue weighted by Crippen LogP contribution is -2.44. The van der Waals surface area contributed by atoms with Gasteiger partial charge < -0.3 is 16.3 Å². The number of carbonyl (C=O) groups excluding carboxylic acids is 1. The zero-order valence-corrected chi connectivity index (χ0v) is 11.1. The molecule has 1 atom stereocenters. The minimum absolute atomic E-state index is 0.127. The average Bonchev–Trinajstić information content (AvgIpc) is 2.40. The number of halogens is 2. The molecule has 0 aliphatic carbocycles. The van der Waals surface area contributed by atoms with Crippen molar-refractivity contribution in [2.24, 2.45) is 10.9 Å². The largest absolute Gasteiger partial charge is 0.409 e. The number of benzene rings is 1. The molecular formula is C12H15ClFN3O2. The first-order valence-electron chi connectivity index (χ1n) is 5.73. The van der Waals surface area contributed by atoms with Crippen LogP contribution >= 0.6 is 11.6 Å². The first-order valence-corrected chi connectivity index (χ1v) is 6.11. The van der Waals surface area contributed by atoms with Crippen LogP contribution in [0, 0.1) is 5.82 Å². The molecule has 1 aromatic carbocycles. The molecule has 0 saturated heterocycles. The Bertz CT molecular complexity index is 494. The van der Waals surface area contributed by atoms with Gasteiger partial charge in [-0.25, -0.2) is 4.39 Å². The average molecular weight is 288 g/mol. The summed E-state index contributed by atoms with van der Waals surface area (Å²) in [5.74, 6) is -1.58. The van der Waals surface area contributed by atoms with Crippen molar-refractivity contribution in [3.05, 3.63) is 34.6 Å². The molecule has 0 fully saturated rings. The minimum Gasteiger partial charge on any atom is -0.409 e. The van der Waals surface area contributed by atoms with Gasteiger partial charge in [0.25, 0.3) is 5.91 Å². The maximum Gasteiger partial charge on any atom is 0.254 e. The van der Waals surface area contributed by atoms with Gasteiger partial charge in [0.15, 0.2) is 11.7 Å². The lowest BCUT2D eigenvalue weighted by atomic mass is 10.1. The molecule has 19 heavy (non-hydrogen) atoms. The van der Waals surface area contributed by atoms with Gasteiger partial charge in [-0.1, -0.05) is 36.2 Å². The number of hydrogen-bond acceptors (Lipinski definition) is 3. The van der Waals surface area contributed by atoms with E-state index in [1.54, 1.807) is 0 Å². The monoisotopic (exact) mass is 287 g/mol. The summed E-state index contributed by atoms with van der Waals surface area (Å²) in [6.07, 6.45) is 1.18. The van der Waals surface area contributed by atoms with Crippen molar-refractivity contribution in [3.63, 3.8) is 0 Å². The molecule has 0 radical (unpaired) electrons. The zero-order valence-electron chi connectivity index (χ0n) is 10.4. The normalized spacial score (nSPS) is 13.1. The van der Waals surface area contributed by atoms with Gasteiger partial charge in [-0.3, -0.25) is 4.79 Å². The molecule has 0 spiro atoms. The van der Waals surface area contributed by atoms with E-state index in [1.165, 1.54) is 18.2 Å². The highest BCUT2D eigenvalue weighted by atomic mass is 35.5. The molecule has 104 valence electrons. The van der Waals surface area contributed by atoms with Gasteiger partial charge in [0.05, 0.1) is 16.6 Å². The van der Waals surface area contributed by atoms with Crippen LogP contribution < -0.4 is 11.1 Å². The van der Waals surface area contributed by atoms with Crippen LogP contribution in [0.4, 0.5) is 4.39 Å². The van der Waals surface area contributed by atoms with Crippen molar-refractivity contribution in [3.8, 4) is 0 Å². The van der Waals surface area contributed by atoms with Crippen molar-refractivity contribution >= 4 is 23.3 Å². The molecule has 1 amide bonds. The summed E-state index contributed by atoms with van der Waals surface area (Å²) in [7, 11) is 0. The van der Waals surface area contributed by atoms with Gasteiger partial charge in [0.2, 0.25) is 0 Å². The number of rotatable bonds is 5. The first-order chi connectivity index (χ1) is 9.01. The number of nitrogens with zero attached hydrogens (tertiary/aromatic N) is 1. The summed E-state index contributed by atoms with van der Waals surface area (Å²) in [6, 6.07) is 3.48. The second kappa shape index (κ2) is 6.94. The lowest BCUT2D eigenvalue weighted by Gasteiger charge is -2.16. The van der Waals surface area contributed by atoms with E-state index < -0.39 is 17.8 Å². The van der Waals surface area contributed by atoms with Crippen LogP contribution in [-0.2, 0) is 0 Å². The fourth-order valence-corrected chi connectivity index (χ4v) is 1.74. The maximum absolute atomic E-state index is 13.7. The quantitative estimate of drug-likeness (QED) is 0.335. The van der Waals surface area contributed by atoms with Crippen molar-refractivity contribution < 1.29 is 14.4 Å². The Kier molecular flexibility index (Phi) is 5.57. The molecule has 1 rings (SSSR count). The molecule has 4 N–H and O–H groups in total. The lowest BCUT2D eigenvalue weighted by molar-refractivity contribution is 0.0941. The van der Waals surface area contributed by atoms with E-state index in [0.717, 1.165) is 0 Å². The van der Waals surface area contributed by atoms with Crippen molar-refractivity contribution in [1.29, 1.82) is 0 Å². The molecule has 0 aromatic heterocycles. The fraction of sp³-hybridized carbons (Fsp3) is 0.333. The second-order valence-corrected chi connectivity index (χ2v) is 4.35. The summed E-state index contributed by atoms with van der Waals surface area (Å²) in [5.41, 5.74) is 5.28. The zero-order chi connectivity index (χ0) is 14.4. The SMILES string of the molecule is CCCC(NC(=O)c1cccc(Cl)c1F)/C(N)=N/O. The molecule has 0 aliphatic heterocycles. The number of nitrogens with two attached hydrogens (primary N) is 1. The van der Waals surface area contributed by atoms with E-state index in [-0.39, 0.29) is 16.4 Å². The second-order valence-electron chi connectivity index (χ2n) is 3.94. The van der Waals surface area contributed by atoms with Gasteiger partial charge in [0, 0.05) is 0 Å². The standard InChI is InChI=1S/C12H15ClFN3O2/c1-2-4-9(11(15)17-19)16-12(18)7-5-3-6-8(13)10(7)14/h3,5-6,9,19H,2,4H2,1H3,(H2,15,17)(H,16,18).